The summed E-state index contributed by atoms with van der Waals surface area (Å²) in [6, 6.07) is 6.88. The quantitative estimate of drug-likeness (QED) is 0.270. The van der Waals surface area contributed by atoms with Gasteiger partial charge in [0, 0.05) is 66.6 Å². The maximum atomic E-state index is 16.9. The Morgan fingerprint density at radius 3 is 2.41 bits per heavy atom. The molecule has 9 rings (SSSR count). The fourth-order valence-corrected chi connectivity index (χ4v) is 8.33. The van der Waals surface area contributed by atoms with E-state index in [1.165, 1.54) is 30.3 Å². The van der Waals surface area contributed by atoms with Gasteiger partial charge in [0.15, 0.2) is 5.82 Å². The van der Waals surface area contributed by atoms with Crippen molar-refractivity contribution < 1.29 is 32.5 Å². The zero-order chi connectivity index (χ0) is 33.4. The Kier molecular flexibility index (Phi) is 7.39. The monoisotopic (exact) mass is 671 g/mol. The first kappa shape index (κ1) is 30.9. The lowest BCUT2D eigenvalue weighted by atomic mass is 9.92. The second-order valence-corrected chi connectivity index (χ2v) is 14.3. The molecule has 5 fully saturated rings. The van der Waals surface area contributed by atoms with Gasteiger partial charge in [-0.15, -0.1) is 6.42 Å². The molecule has 4 aromatic rings. The fraction of sp³-hybridized carbons (Fsp3) is 0.459. The predicted molar refractivity (Wildman–Crippen MR) is 177 cm³/mol. The first-order chi connectivity index (χ1) is 23.8. The molecule has 5 heterocycles. The summed E-state index contributed by atoms with van der Waals surface area (Å²) in [5.41, 5.74) is -0.910. The minimum atomic E-state index is -0.971. The maximum Gasteiger partial charge on any atom is 0.319 e. The van der Waals surface area contributed by atoms with Gasteiger partial charge in [-0.3, -0.25) is 4.90 Å². The standard InChI is InChI=1S/C37H36F3N5O4/c1-2-24-27(38)6-3-20-11-23(46)12-25(31(20)24)32-28(39)13-26-34(33(32)40)42-36(43-35(26)45-14-21-4-5-22(15-45)41-21)49-19-37(7-8-37)18-44-16-29-30(17-44)48-10-9-47-29/h1,3,6,11-13,21-22,29-30,41,46H,4-5,7-10,14-19H2. The van der Waals surface area contributed by atoms with Gasteiger partial charge in [0.05, 0.1) is 43.2 Å². The van der Waals surface area contributed by atoms with Crippen molar-refractivity contribution in [2.75, 3.05) is 57.4 Å². The number of nitrogens with zero attached hydrogens (tertiary/aromatic N) is 4. The van der Waals surface area contributed by atoms with Crippen LogP contribution in [-0.4, -0.2) is 96.8 Å². The molecule has 4 aliphatic heterocycles. The van der Waals surface area contributed by atoms with Gasteiger partial charge in [0.2, 0.25) is 0 Å². The first-order valence-corrected chi connectivity index (χ1v) is 17.0. The summed E-state index contributed by atoms with van der Waals surface area (Å²) in [5.74, 6) is -0.108. The zero-order valence-electron chi connectivity index (χ0n) is 26.9. The van der Waals surface area contributed by atoms with E-state index in [4.69, 9.17) is 25.6 Å². The van der Waals surface area contributed by atoms with Gasteiger partial charge in [-0.25, -0.2) is 13.2 Å². The molecular formula is C37H36F3N5O4. The highest BCUT2D eigenvalue weighted by atomic mass is 19.1. The van der Waals surface area contributed by atoms with Crippen LogP contribution >= 0.6 is 0 Å². The van der Waals surface area contributed by atoms with Crippen molar-refractivity contribution in [1.82, 2.24) is 20.2 Å². The van der Waals surface area contributed by atoms with E-state index < -0.39 is 23.0 Å². The third-order valence-electron chi connectivity index (χ3n) is 10.9. The van der Waals surface area contributed by atoms with Gasteiger partial charge in [-0.1, -0.05) is 12.0 Å². The van der Waals surface area contributed by atoms with Crippen molar-refractivity contribution in [2.45, 2.75) is 50.0 Å². The number of rotatable bonds is 7. The van der Waals surface area contributed by atoms with Crippen molar-refractivity contribution in [3.05, 3.63) is 53.3 Å². The van der Waals surface area contributed by atoms with Crippen LogP contribution in [0.15, 0.2) is 30.3 Å². The Hall–Kier alpha value is -4.15. The van der Waals surface area contributed by atoms with E-state index in [-0.39, 0.29) is 68.9 Å². The third-order valence-corrected chi connectivity index (χ3v) is 10.9. The molecule has 12 heteroatoms. The van der Waals surface area contributed by atoms with Crippen LogP contribution in [0, 0.1) is 35.2 Å². The number of halogens is 3. The number of phenols is 1. The lowest BCUT2D eigenvalue weighted by molar-refractivity contribution is -0.116. The summed E-state index contributed by atoms with van der Waals surface area (Å²) in [5, 5.41) is 14.8. The van der Waals surface area contributed by atoms with Gasteiger partial charge in [0.25, 0.3) is 0 Å². The summed E-state index contributed by atoms with van der Waals surface area (Å²) in [4.78, 5) is 13.8. The Bertz CT molecular complexity index is 2010. The maximum absolute atomic E-state index is 16.9. The number of phenolic OH excluding ortho intramolecular Hbond substituents is 1. The number of aromatic nitrogens is 2. The lowest BCUT2D eigenvalue weighted by Crippen LogP contribution is -2.51. The number of hydrogen-bond donors (Lipinski definition) is 2. The molecule has 4 saturated heterocycles. The number of ether oxygens (including phenoxy) is 3. The number of nitrogens with one attached hydrogen (secondary N) is 1. The topological polar surface area (TPSA) is 92.2 Å². The summed E-state index contributed by atoms with van der Waals surface area (Å²) in [6.45, 7) is 5.26. The molecule has 0 amide bonds. The Balaban J connectivity index is 1.11. The number of likely N-dealkylation sites (tertiary alicyclic amines) is 1. The molecule has 254 valence electrons. The van der Waals surface area contributed by atoms with E-state index in [1.54, 1.807) is 0 Å². The molecule has 4 unspecified atom stereocenters. The molecule has 1 aromatic heterocycles. The summed E-state index contributed by atoms with van der Waals surface area (Å²) < 4.78 is 66.2. The minimum absolute atomic E-state index is 0.00833. The van der Waals surface area contributed by atoms with E-state index in [9.17, 15) is 9.50 Å². The molecule has 0 spiro atoms. The van der Waals surface area contributed by atoms with Crippen molar-refractivity contribution in [3.8, 4) is 35.2 Å². The average Bonchev–Trinajstić information content (AvgIpc) is 3.60. The smallest absolute Gasteiger partial charge is 0.319 e. The van der Waals surface area contributed by atoms with Crippen LogP contribution in [0.5, 0.6) is 11.8 Å². The summed E-state index contributed by atoms with van der Waals surface area (Å²) in [7, 11) is 0. The van der Waals surface area contributed by atoms with Crippen LogP contribution in [0.3, 0.4) is 0 Å². The predicted octanol–water partition coefficient (Wildman–Crippen LogP) is 4.75. The molecule has 1 saturated carbocycles. The highest BCUT2D eigenvalue weighted by Crippen LogP contribution is 2.48. The highest BCUT2D eigenvalue weighted by molar-refractivity contribution is 6.04. The number of benzene rings is 3. The first-order valence-electron chi connectivity index (χ1n) is 17.0. The Labute approximate surface area is 281 Å². The van der Waals surface area contributed by atoms with E-state index in [0.717, 1.165) is 45.3 Å². The van der Waals surface area contributed by atoms with Crippen LogP contribution in [0.1, 0.15) is 31.2 Å². The second-order valence-electron chi connectivity index (χ2n) is 14.3. The number of piperazine rings is 1. The Morgan fingerprint density at radius 1 is 0.980 bits per heavy atom. The number of aromatic hydroxyl groups is 1. The van der Waals surface area contributed by atoms with Crippen molar-refractivity contribution >= 4 is 27.5 Å². The minimum Gasteiger partial charge on any atom is -0.508 e. The highest BCUT2D eigenvalue weighted by Gasteiger charge is 2.48. The van der Waals surface area contributed by atoms with Crippen molar-refractivity contribution in [1.29, 1.82) is 0 Å². The molecule has 1 aliphatic carbocycles. The van der Waals surface area contributed by atoms with E-state index >= 15 is 8.78 Å². The van der Waals surface area contributed by atoms with Gasteiger partial charge in [0.1, 0.15) is 28.7 Å². The molecule has 3 aromatic carbocycles. The fourth-order valence-electron chi connectivity index (χ4n) is 8.33. The summed E-state index contributed by atoms with van der Waals surface area (Å²) in [6.07, 6.45) is 9.81. The van der Waals surface area contributed by atoms with Gasteiger partial charge < -0.3 is 29.5 Å². The largest absolute Gasteiger partial charge is 0.508 e. The molecule has 9 nitrogen and oxygen atoms in total. The van der Waals surface area contributed by atoms with Crippen LogP contribution < -0.4 is 15.0 Å². The normalized spacial score (nSPS) is 25.9. The van der Waals surface area contributed by atoms with E-state index in [1.807, 2.05) is 0 Å². The number of fused-ring (bicyclic) bond motifs is 5. The molecule has 49 heavy (non-hydrogen) atoms. The second kappa shape index (κ2) is 11.7. The lowest BCUT2D eigenvalue weighted by Gasteiger charge is -2.34. The van der Waals surface area contributed by atoms with Crippen LogP contribution in [0.4, 0.5) is 19.0 Å². The van der Waals surface area contributed by atoms with Crippen LogP contribution in [0.2, 0.25) is 0 Å². The van der Waals surface area contributed by atoms with Gasteiger partial charge in [-0.2, -0.15) is 9.97 Å². The number of terminal acetylenes is 1. The number of anilines is 1. The van der Waals surface area contributed by atoms with Gasteiger partial charge >= 0.3 is 6.01 Å². The Morgan fingerprint density at radius 2 is 1.71 bits per heavy atom. The molecule has 5 aliphatic rings. The van der Waals surface area contributed by atoms with Gasteiger partial charge in [-0.05, 0) is 55.3 Å². The SMILES string of the molecule is C#Cc1c(F)ccc2cc(O)cc(-c3c(F)cc4c(N5CC6CCC(C5)N6)nc(OCC5(CN6CC7OCCOC7C6)CC5)nc4c3F)c12. The average molecular weight is 672 g/mol. The molecule has 4 atom stereocenters. The molecule has 2 N–H and O–H groups in total. The zero-order valence-corrected chi connectivity index (χ0v) is 26.9. The van der Waals surface area contributed by atoms with Crippen LogP contribution in [0.25, 0.3) is 32.8 Å². The van der Waals surface area contributed by atoms with E-state index in [2.05, 4.69) is 26.0 Å². The molecular weight excluding hydrogens is 635 g/mol. The van der Waals surface area contributed by atoms with E-state index in [0.29, 0.717) is 44.1 Å². The molecule has 2 bridgehead atoms. The van der Waals surface area contributed by atoms with Crippen molar-refractivity contribution in [3.63, 3.8) is 0 Å². The summed E-state index contributed by atoms with van der Waals surface area (Å²) >= 11 is 0. The van der Waals surface area contributed by atoms with Crippen molar-refractivity contribution in [2.24, 2.45) is 5.41 Å². The van der Waals surface area contributed by atoms with Crippen LogP contribution in [-0.2, 0) is 9.47 Å². The number of hydrogen-bond acceptors (Lipinski definition) is 9. The third kappa shape index (κ3) is 5.44. The molecule has 0 radical (unpaired) electrons.